The van der Waals surface area contributed by atoms with Crippen molar-refractivity contribution in [3.63, 3.8) is 0 Å². The maximum atomic E-state index is 13.9. The number of hydrogen-bond acceptors (Lipinski definition) is 7. The third-order valence-electron chi connectivity index (χ3n) is 4.95. The van der Waals surface area contributed by atoms with Gasteiger partial charge in [-0.05, 0) is 43.9 Å². The number of carbonyl (C=O) groups is 1. The van der Waals surface area contributed by atoms with E-state index in [9.17, 15) is 14.3 Å². The first-order valence-corrected chi connectivity index (χ1v) is 9.14. The quantitative estimate of drug-likeness (QED) is 0.585. The van der Waals surface area contributed by atoms with Crippen molar-refractivity contribution in [3.8, 4) is 0 Å². The van der Waals surface area contributed by atoms with Crippen LogP contribution in [0.5, 0.6) is 0 Å². The van der Waals surface area contributed by atoms with Gasteiger partial charge < -0.3 is 15.7 Å². The number of halogens is 1. The summed E-state index contributed by atoms with van der Waals surface area (Å²) in [6, 6.07) is 1.38. The number of H-pyrrole nitrogens is 1. The lowest BCUT2D eigenvalue weighted by molar-refractivity contribution is 0.0692. The Morgan fingerprint density at radius 2 is 2.25 bits per heavy atom. The minimum absolute atomic E-state index is 0.131. The Balaban J connectivity index is 1.73. The Hall–Kier alpha value is -3.14. The largest absolute Gasteiger partial charge is 0.476 e. The van der Waals surface area contributed by atoms with Gasteiger partial charge in [0, 0.05) is 12.2 Å². The van der Waals surface area contributed by atoms with Gasteiger partial charge in [-0.1, -0.05) is 0 Å². The summed E-state index contributed by atoms with van der Waals surface area (Å²) < 4.78 is 13.9. The van der Waals surface area contributed by atoms with Gasteiger partial charge in [-0.25, -0.2) is 19.2 Å². The van der Waals surface area contributed by atoms with Crippen LogP contribution >= 0.6 is 0 Å². The van der Waals surface area contributed by atoms with Crippen LogP contribution in [0.1, 0.15) is 47.1 Å². The SMILES string of the molecule is NCCCc1ncc(F)cc1C1CCCN1c1ncc2[nH]nc(C(=O)O)c2n1. The van der Waals surface area contributed by atoms with Crippen LogP contribution in [-0.4, -0.2) is 49.3 Å². The number of aromatic nitrogens is 5. The van der Waals surface area contributed by atoms with E-state index < -0.39 is 11.8 Å². The predicted octanol–water partition coefficient (Wildman–Crippen LogP) is 1.82. The first kappa shape index (κ1) is 18.2. The van der Waals surface area contributed by atoms with Crippen molar-refractivity contribution in [2.24, 2.45) is 5.73 Å². The number of nitrogens with one attached hydrogen (secondary N) is 1. The molecule has 3 aromatic heterocycles. The number of anilines is 1. The Morgan fingerprint density at radius 3 is 3.04 bits per heavy atom. The number of rotatable bonds is 6. The van der Waals surface area contributed by atoms with Crippen LogP contribution in [0.4, 0.5) is 10.3 Å². The molecular formula is C18H20FN7O2. The molecule has 0 aromatic carbocycles. The summed E-state index contributed by atoms with van der Waals surface area (Å²) in [5, 5.41) is 15.7. The molecule has 0 saturated carbocycles. The van der Waals surface area contributed by atoms with Crippen LogP contribution in [0.15, 0.2) is 18.5 Å². The third-order valence-corrected chi connectivity index (χ3v) is 4.95. The highest BCUT2D eigenvalue weighted by Crippen LogP contribution is 2.36. The zero-order valence-electron chi connectivity index (χ0n) is 15.1. The molecule has 10 heteroatoms. The number of nitrogens with zero attached hydrogens (tertiary/aromatic N) is 5. The summed E-state index contributed by atoms with van der Waals surface area (Å²) in [6.45, 7) is 1.22. The van der Waals surface area contributed by atoms with Crippen molar-refractivity contribution in [2.45, 2.75) is 31.7 Å². The molecular weight excluding hydrogens is 365 g/mol. The Labute approximate surface area is 159 Å². The lowest BCUT2D eigenvalue weighted by Gasteiger charge is -2.26. The van der Waals surface area contributed by atoms with Crippen molar-refractivity contribution in [1.82, 2.24) is 25.1 Å². The van der Waals surface area contributed by atoms with Crippen molar-refractivity contribution in [3.05, 3.63) is 41.2 Å². The summed E-state index contributed by atoms with van der Waals surface area (Å²) in [5.74, 6) is -1.15. The Bertz CT molecular complexity index is 1020. The lowest BCUT2D eigenvalue weighted by atomic mass is 10.00. The monoisotopic (exact) mass is 385 g/mol. The van der Waals surface area contributed by atoms with Gasteiger partial charge in [0.05, 0.1) is 18.4 Å². The molecule has 1 unspecified atom stereocenters. The van der Waals surface area contributed by atoms with Crippen molar-refractivity contribution < 1.29 is 14.3 Å². The minimum atomic E-state index is -1.16. The fraction of sp³-hybridized carbons (Fsp3) is 0.389. The first-order chi connectivity index (χ1) is 13.6. The lowest BCUT2D eigenvalue weighted by Crippen LogP contribution is -2.26. The molecule has 9 nitrogen and oxygen atoms in total. The number of hydrogen-bond donors (Lipinski definition) is 3. The Kier molecular flexibility index (Phi) is 4.86. The topological polar surface area (TPSA) is 134 Å². The molecule has 146 valence electrons. The fourth-order valence-electron chi connectivity index (χ4n) is 3.67. The molecule has 3 aromatic rings. The van der Waals surface area contributed by atoms with E-state index in [2.05, 4.69) is 25.1 Å². The zero-order valence-corrected chi connectivity index (χ0v) is 15.1. The second-order valence-electron chi connectivity index (χ2n) is 6.74. The van der Waals surface area contributed by atoms with Gasteiger partial charge in [0.2, 0.25) is 5.95 Å². The summed E-state index contributed by atoms with van der Waals surface area (Å²) in [6.07, 6.45) is 5.86. The molecule has 4 N–H and O–H groups in total. The number of carboxylic acid groups (broad SMARTS) is 1. The van der Waals surface area contributed by atoms with Crippen molar-refractivity contribution in [1.29, 1.82) is 0 Å². The molecule has 0 spiro atoms. The molecule has 0 bridgehead atoms. The average molecular weight is 385 g/mol. The zero-order chi connectivity index (χ0) is 19.7. The molecule has 1 saturated heterocycles. The molecule has 1 aliphatic heterocycles. The number of carboxylic acids is 1. The predicted molar refractivity (Wildman–Crippen MR) is 99.5 cm³/mol. The van der Waals surface area contributed by atoms with Crippen LogP contribution in [0.25, 0.3) is 11.0 Å². The molecule has 1 atom stereocenters. The van der Waals surface area contributed by atoms with Gasteiger partial charge in [0.25, 0.3) is 0 Å². The molecule has 4 heterocycles. The summed E-state index contributed by atoms with van der Waals surface area (Å²) in [4.78, 5) is 26.4. The van der Waals surface area contributed by atoms with Crippen molar-refractivity contribution >= 4 is 23.0 Å². The van der Waals surface area contributed by atoms with Gasteiger partial charge in [-0.15, -0.1) is 0 Å². The van der Waals surface area contributed by atoms with Crippen LogP contribution in [0, 0.1) is 5.82 Å². The standard InChI is InChI=1S/C18H20FN7O2/c19-10-7-11(12(21-8-10)3-1-5-20)14-4-2-6-26(14)18-22-9-13-15(23-18)16(17(27)28)25-24-13/h7-9,14H,1-6,20H2,(H,24,25)(H,27,28). The van der Waals surface area contributed by atoms with E-state index in [1.807, 2.05) is 4.90 Å². The highest BCUT2D eigenvalue weighted by atomic mass is 19.1. The van der Waals surface area contributed by atoms with Crippen LogP contribution in [0.3, 0.4) is 0 Å². The number of pyridine rings is 1. The van der Waals surface area contributed by atoms with E-state index >= 15 is 0 Å². The highest BCUT2D eigenvalue weighted by molar-refractivity contribution is 5.98. The molecule has 0 amide bonds. The summed E-state index contributed by atoms with van der Waals surface area (Å²) in [5.41, 5.74) is 7.80. The fourth-order valence-corrected chi connectivity index (χ4v) is 3.67. The van der Waals surface area contributed by atoms with Crippen LogP contribution in [-0.2, 0) is 6.42 Å². The molecule has 28 heavy (non-hydrogen) atoms. The molecule has 1 aliphatic rings. The highest BCUT2D eigenvalue weighted by Gasteiger charge is 2.31. The van der Waals surface area contributed by atoms with E-state index in [-0.39, 0.29) is 17.3 Å². The number of fused-ring (bicyclic) bond motifs is 1. The van der Waals surface area contributed by atoms with Gasteiger partial charge in [0.1, 0.15) is 16.9 Å². The van der Waals surface area contributed by atoms with Gasteiger partial charge in [0.15, 0.2) is 5.69 Å². The van der Waals surface area contributed by atoms with Gasteiger partial charge in [-0.3, -0.25) is 10.1 Å². The van der Waals surface area contributed by atoms with E-state index in [1.165, 1.54) is 18.5 Å². The maximum absolute atomic E-state index is 13.9. The van der Waals surface area contributed by atoms with E-state index in [0.29, 0.717) is 31.0 Å². The van der Waals surface area contributed by atoms with Crippen LogP contribution < -0.4 is 10.6 Å². The molecule has 4 rings (SSSR count). The third kappa shape index (κ3) is 3.26. The Morgan fingerprint density at radius 1 is 1.39 bits per heavy atom. The van der Waals surface area contributed by atoms with Crippen molar-refractivity contribution in [2.75, 3.05) is 18.0 Å². The van der Waals surface area contributed by atoms with Gasteiger partial charge in [-0.2, -0.15) is 5.10 Å². The maximum Gasteiger partial charge on any atom is 0.358 e. The molecule has 0 radical (unpaired) electrons. The number of aryl methyl sites for hydroxylation is 1. The normalized spacial score (nSPS) is 16.8. The first-order valence-electron chi connectivity index (χ1n) is 9.14. The van der Waals surface area contributed by atoms with E-state index in [4.69, 9.17) is 5.73 Å². The van der Waals surface area contributed by atoms with Crippen LogP contribution in [0.2, 0.25) is 0 Å². The summed E-state index contributed by atoms with van der Waals surface area (Å²) in [7, 11) is 0. The molecule has 0 aliphatic carbocycles. The summed E-state index contributed by atoms with van der Waals surface area (Å²) >= 11 is 0. The molecule has 1 fully saturated rings. The second kappa shape index (κ2) is 7.47. The number of aromatic carboxylic acids is 1. The van der Waals surface area contributed by atoms with E-state index in [1.54, 1.807) is 0 Å². The van der Waals surface area contributed by atoms with Gasteiger partial charge >= 0.3 is 5.97 Å². The average Bonchev–Trinajstić information content (AvgIpc) is 3.33. The second-order valence-corrected chi connectivity index (χ2v) is 6.74. The smallest absolute Gasteiger partial charge is 0.358 e. The minimum Gasteiger partial charge on any atom is -0.476 e. The number of aromatic amines is 1. The number of nitrogens with two attached hydrogens (primary N) is 1. The van der Waals surface area contributed by atoms with E-state index in [0.717, 1.165) is 30.5 Å².